The van der Waals surface area contributed by atoms with Gasteiger partial charge in [-0.3, -0.25) is 0 Å². The van der Waals surface area contributed by atoms with Gasteiger partial charge in [0.2, 0.25) is 5.88 Å². The Kier molecular flexibility index (Phi) is 7.04. The Labute approximate surface area is 219 Å². The summed E-state index contributed by atoms with van der Waals surface area (Å²) in [6.45, 7) is 5.98. The summed E-state index contributed by atoms with van der Waals surface area (Å²) in [5, 5.41) is 16.0. The molecule has 8 nitrogen and oxygen atoms in total. The summed E-state index contributed by atoms with van der Waals surface area (Å²) in [5.74, 6) is -1.22. The molecule has 11 heteroatoms. The van der Waals surface area contributed by atoms with Crippen LogP contribution in [-0.2, 0) is 26.2 Å². The van der Waals surface area contributed by atoms with Crippen LogP contribution in [0, 0.1) is 13.8 Å². The molecular weight excluding hydrogens is 502 g/mol. The normalized spacial score (nSPS) is 13.4. The number of nitrogens with one attached hydrogen (secondary N) is 1. The third-order valence-electron chi connectivity index (χ3n) is 7.12. The molecule has 0 unspecified atom stereocenters. The van der Waals surface area contributed by atoms with Gasteiger partial charge in [-0.05, 0) is 38.5 Å². The molecular formula is C26H31ClF2N6O2. The molecule has 2 N–H and O–H groups in total. The molecule has 0 saturated heterocycles. The lowest BCUT2D eigenvalue weighted by molar-refractivity contribution is -0.0127. The van der Waals surface area contributed by atoms with Crippen molar-refractivity contribution in [2.75, 3.05) is 7.11 Å². The number of pyridine rings is 1. The van der Waals surface area contributed by atoms with Crippen LogP contribution in [-0.4, -0.2) is 48.3 Å². The number of benzene rings is 1. The Morgan fingerprint density at radius 1 is 1.11 bits per heavy atom. The fraction of sp³-hybridized carbons (Fsp3) is 0.423. The molecule has 0 radical (unpaired) electrons. The van der Waals surface area contributed by atoms with Crippen molar-refractivity contribution in [3.05, 3.63) is 69.8 Å². The molecule has 4 rings (SSSR count). The molecule has 0 bridgehead atoms. The Hall–Kier alpha value is -3.08. The second-order valence-electron chi connectivity index (χ2n) is 9.41. The lowest BCUT2D eigenvalue weighted by atomic mass is 9.86. The van der Waals surface area contributed by atoms with Gasteiger partial charge in [-0.25, -0.2) is 23.7 Å². The van der Waals surface area contributed by atoms with Crippen LogP contribution in [0.1, 0.15) is 48.0 Å². The number of fused-ring (bicyclic) bond motifs is 1. The van der Waals surface area contributed by atoms with E-state index in [9.17, 15) is 13.9 Å². The molecule has 4 aromatic rings. The lowest BCUT2D eigenvalue weighted by Gasteiger charge is -2.30. The topological polar surface area (TPSA) is 90.0 Å². The smallest absolute Gasteiger partial charge is 0.260 e. The van der Waals surface area contributed by atoms with E-state index >= 15 is 0 Å². The molecule has 0 aliphatic carbocycles. The van der Waals surface area contributed by atoms with Crippen molar-refractivity contribution in [2.45, 2.75) is 51.8 Å². The van der Waals surface area contributed by atoms with Gasteiger partial charge in [-0.2, -0.15) is 0 Å². The van der Waals surface area contributed by atoms with E-state index in [0.29, 0.717) is 38.4 Å². The second kappa shape index (κ2) is 9.66. The van der Waals surface area contributed by atoms with Gasteiger partial charge < -0.3 is 24.3 Å². The molecule has 0 amide bonds. The minimum absolute atomic E-state index is 0.0197. The van der Waals surface area contributed by atoms with Crippen LogP contribution < -0.4 is 10.1 Å². The molecule has 1 atom stereocenters. The van der Waals surface area contributed by atoms with Gasteiger partial charge in [-0.15, -0.1) is 0 Å². The maximum absolute atomic E-state index is 13.7. The van der Waals surface area contributed by atoms with E-state index in [1.54, 1.807) is 30.6 Å². The van der Waals surface area contributed by atoms with Gasteiger partial charge in [0.25, 0.3) is 5.92 Å². The summed E-state index contributed by atoms with van der Waals surface area (Å²) >= 11 is 6.84. The first-order valence-electron chi connectivity index (χ1n) is 11.8. The number of aryl methyl sites for hydroxylation is 2. The van der Waals surface area contributed by atoms with E-state index in [2.05, 4.69) is 20.3 Å². The Balaban J connectivity index is 1.92. The summed E-state index contributed by atoms with van der Waals surface area (Å²) in [6.07, 6.45) is 3.27. The minimum Gasteiger partial charge on any atom is -0.481 e. The fourth-order valence-electron chi connectivity index (χ4n) is 4.33. The molecule has 37 heavy (non-hydrogen) atoms. The third-order valence-corrected chi connectivity index (χ3v) is 7.55. The van der Waals surface area contributed by atoms with Crippen LogP contribution in [0.3, 0.4) is 0 Å². The molecule has 0 fully saturated rings. The number of nitrogens with zero attached hydrogens (tertiary/aromatic N) is 5. The predicted octanol–water partition coefficient (Wildman–Crippen LogP) is 4.40. The standard InChI is InChI=1S/C26H31ClF2N6O2/c1-14(25(4,28)29)30-11-19-23(27)18-10-17(8-9-20(18)33-24(19)37-7)26(36,21-12-31-15(2)34(21)5)22-13-32-16(3)35(22)6/h8-10,12-14,30,36H,11H2,1-7H3/t14-/m0/s1. The maximum Gasteiger partial charge on any atom is 0.260 e. The summed E-state index contributed by atoms with van der Waals surface area (Å²) in [5.41, 5.74) is 0.971. The van der Waals surface area contributed by atoms with Gasteiger partial charge in [0.05, 0.1) is 47.5 Å². The average molecular weight is 533 g/mol. The molecule has 3 heterocycles. The molecule has 0 spiro atoms. The van der Waals surface area contributed by atoms with E-state index in [1.807, 2.05) is 37.1 Å². The second-order valence-corrected chi connectivity index (χ2v) is 9.79. The number of methoxy groups -OCH3 is 1. The summed E-state index contributed by atoms with van der Waals surface area (Å²) < 4.78 is 36.6. The van der Waals surface area contributed by atoms with E-state index < -0.39 is 17.6 Å². The third kappa shape index (κ3) is 4.58. The first-order chi connectivity index (χ1) is 17.3. The van der Waals surface area contributed by atoms with Crippen molar-refractivity contribution >= 4 is 22.5 Å². The minimum atomic E-state index is -2.92. The van der Waals surface area contributed by atoms with Crippen LogP contribution >= 0.6 is 11.6 Å². The van der Waals surface area contributed by atoms with E-state index in [1.165, 1.54) is 14.0 Å². The quantitative estimate of drug-likeness (QED) is 0.350. The number of aliphatic hydroxyl groups is 1. The van der Waals surface area contributed by atoms with Crippen LogP contribution in [0.4, 0.5) is 8.78 Å². The highest BCUT2D eigenvalue weighted by Gasteiger charge is 2.40. The first-order valence-corrected chi connectivity index (χ1v) is 12.2. The SMILES string of the molecule is COc1nc2ccc(C(O)(c3cnc(C)n3C)c3cnc(C)n3C)cc2c(Cl)c1CN[C@@H](C)C(C)(F)F. The zero-order chi connectivity index (χ0) is 27.3. The highest BCUT2D eigenvalue weighted by atomic mass is 35.5. The summed E-state index contributed by atoms with van der Waals surface area (Å²) in [6, 6.07) is 4.18. The highest BCUT2D eigenvalue weighted by molar-refractivity contribution is 6.36. The van der Waals surface area contributed by atoms with Crippen LogP contribution in [0.15, 0.2) is 30.6 Å². The van der Waals surface area contributed by atoms with Crippen molar-refractivity contribution < 1.29 is 18.6 Å². The van der Waals surface area contributed by atoms with Crippen molar-refractivity contribution in [3.8, 4) is 5.88 Å². The molecule has 0 saturated carbocycles. The zero-order valence-corrected chi connectivity index (χ0v) is 22.7. The van der Waals surface area contributed by atoms with Crippen LogP contribution in [0.25, 0.3) is 10.9 Å². The largest absolute Gasteiger partial charge is 0.481 e. The fourth-order valence-corrected chi connectivity index (χ4v) is 4.63. The van der Waals surface area contributed by atoms with Crippen molar-refractivity contribution in [1.82, 2.24) is 29.4 Å². The Bertz CT molecular complexity index is 1410. The van der Waals surface area contributed by atoms with E-state index in [-0.39, 0.29) is 12.4 Å². The summed E-state index contributed by atoms with van der Waals surface area (Å²) in [4.78, 5) is 13.3. The number of aromatic nitrogens is 5. The molecule has 1 aromatic carbocycles. The van der Waals surface area contributed by atoms with Gasteiger partial charge in [0.15, 0.2) is 5.60 Å². The Morgan fingerprint density at radius 2 is 1.68 bits per heavy atom. The van der Waals surface area contributed by atoms with E-state index in [4.69, 9.17) is 16.3 Å². The number of hydrogen-bond acceptors (Lipinski definition) is 6. The first kappa shape index (κ1) is 27.0. The number of hydrogen-bond donors (Lipinski definition) is 2. The van der Waals surface area contributed by atoms with Gasteiger partial charge in [0.1, 0.15) is 11.6 Å². The molecule has 3 aromatic heterocycles. The molecule has 0 aliphatic heterocycles. The monoisotopic (exact) mass is 532 g/mol. The van der Waals surface area contributed by atoms with Crippen molar-refractivity contribution in [1.29, 1.82) is 0 Å². The highest BCUT2D eigenvalue weighted by Crippen LogP contribution is 2.40. The average Bonchev–Trinajstić information content (AvgIpc) is 3.37. The number of imidazole rings is 2. The summed E-state index contributed by atoms with van der Waals surface area (Å²) in [7, 11) is 5.12. The number of alkyl halides is 2. The maximum atomic E-state index is 13.7. The zero-order valence-electron chi connectivity index (χ0n) is 21.9. The van der Waals surface area contributed by atoms with Crippen molar-refractivity contribution in [3.63, 3.8) is 0 Å². The van der Waals surface area contributed by atoms with Crippen LogP contribution in [0.2, 0.25) is 5.02 Å². The van der Waals surface area contributed by atoms with Crippen LogP contribution in [0.5, 0.6) is 5.88 Å². The lowest BCUT2D eigenvalue weighted by Crippen LogP contribution is -2.40. The van der Waals surface area contributed by atoms with Crippen molar-refractivity contribution in [2.24, 2.45) is 14.1 Å². The number of halogens is 3. The van der Waals surface area contributed by atoms with Gasteiger partial charge in [-0.1, -0.05) is 17.7 Å². The van der Waals surface area contributed by atoms with E-state index in [0.717, 1.165) is 18.6 Å². The number of ether oxygens (including phenoxy) is 1. The van der Waals surface area contributed by atoms with Gasteiger partial charge >= 0.3 is 0 Å². The molecule has 198 valence electrons. The molecule has 0 aliphatic rings. The number of rotatable bonds is 8. The predicted molar refractivity (Wildman–Crippen MR) is 138 cm³/mol. The van der Waals surface area contributed by atoms with Gasteiger partial charge in [0, 0.05) is 38.5 Å². The Morgan fingerprint density at radius 3 is 2.14 bits per heavy atom.